The van der Waals surface area contributed by atoms with E-state index < -0.39 is 0 Å². The first-order valence-corrected chi connectivity index (χ1v) is 11.4. The van der Waals surface area contributed by atoms with Gasteiger partial charge in [-0.3, -0.25) is 9.69 Å². The van der Waals surface area contributed by atoms with Crippen LogP contribution in [-0.2, 0) is 13.2 Å². The van der Waals surface area contributed by atoms with Gasteiger partial charge >= 0.3 is 0 Å². The molecule has 1 saturated heterocycles. The summed E-state index contributed by atoms with van der Waals surface area (Å²) in [6.07, 6.45) is 0. The van der Waals surface area contributed by atoms with E-state index in [0.29, 0.717) is 36.0 Å². The second-order valence-corrected chi connectivity index (χ2v) is 8.58. The third-order valence-electron chi connectivity index (χ3n) is 5.91. The molecule has 1 fully saturated rings. The summed E-state index contributed by atoms with van der Waals surface area (Å²) in [6.45, 7) is 4.52. The monoisotopic (exact) mass is 464 g/mol. The second kappa shape index (κ2) is 9.73. The molecule has 7 heteroatoms. The summed E-state index contributed by atoms with van der Waals surface area (Å²) < 4.78 is 16.7. The zero-order valence-corrected chi connectivity index (χ0v) is 19.0. The molecule has 2 aliphatic rings. The number of carbonyl (C=O) groups excluding carboxylic acids is 1. The Hall–Kier alpha value is -3.22. The number of halogens is 1. The number of amides is 1. The first kappa shape index (κ1) is 21.6. The summed E-state index contributed by atoms with van der Waals surface area (Å²) in [6, 6.07) is 21.1. The van der Waals surface area contributed by atoms with Crippen molar-refractivity contribution in [1.29, 1.82) is 0 Å². The molecule has 1 amide bonds. The van der Waals surface area contributed by atoms with Gasteiger partial charge in [-0.05, 0) is 47.5 Å². The molecule has 0 radical (unpaired) electrons. The minimum absolute atomic E-state index is 0.0531. The van der Waals surface area contributed by atoms with E-state index in [4.69, 9.17) is 25.8 Å². The van der Waals surface area contributed by atoms with E-state index in [1.807, 2.05) is 59.5 Å². The van der Waals surface area contributed by atoms with Crippen LogP contribution in [0, 0.1) is 0 Å². The van der Waals surface area contributed by atoms with Crippen LogP contribution < -0.4 is 14.2 Å². The zero-order chi connectivity index (χ0) is 22.6. The Morgan fingerprint density at radius 2 is 1.70 bits per heavy atom. The molecule has 0 saturated carbocycles. The number of nitrogens with zero attached hydrogens (tertiary/aromatic N) is 2. The van der Waals surface area contributed by atoms with Crippen LogP contribution in [0.3, 0.4) is 0 Å². The summed E-state index contributed by atoms with van der Waals surface area (Å²) in [7, 11) is 0. The number of ether oxygens (including phenoxy) is 3. The van der Waals surface area contributed by atoms with E-state index in [0.717, 1.165) is 36.7 Å². The van der Waals surface area contributed by atoms with Crippen LogP contribution in [-0.4, -0.2) is 48.7 Å². The van der Waals surface area contributed by atoms with E-state index >= 15 is 0 Å². The number of benzene rings is 3. The van der Waals surface area contributed by atoms with Gasteiger partial charge in [0.05, 0.1) is 5.02 Å². The number of para-hydroxylation sites is 1. The van der Waals surface area contributed by atoms with E-state index in [2.05, 4.69) is 11.0 Å². The molecule has 170 valence electrons. The third kappa shape index (κ3) is 5.07. The molecule has 0 aliphatic carbocycles. The number of hydrogen-bond acceptors (Lipinski definition) is 5. The summed E-state index contributed by atoms with van der Waals surface area (Å²) in [4.78, 5) is 17.4. The number of carbonyl (C=O) groups is 1. The molecule has 2 aliphatic heterocycles. The molecule has 0 unspecified atom stereocenters. The van der Waals surface area contributed by atoms with Crippen molar-refractivity contribution in [1.82, 2.24) is 9.80 Å². The zero-order valence-electron chi connectivity index (χ0n) is 18.2. The highest BCUT2D eigenvalue weighted by Crippen LogP contribution is 2.33. The Bertz CT molecular complexity index is 1140. The van der Waals surface area contributed by atoms with Crippen LogP contribution in [0.2, 0.25) is 5.02 Å². The summed E-state index contributed by atoms with van der Waals surface area (Å²) in [5.41, 5.74) is 2.80. The fourth-order valence-electron chi connectivity index (χ4n) is 4.11. The molecule has 6 nitrogen and oxygen atoms in total. The molecule has 33 heavy (non-hydrogen) atoms. The molecule has 0 atom stereocenters. The number of hydrogen-bond donors (Lipinski definition) is 0. The van der Waals surface area contributed by atoms with Gasteiger partial charge < -0.3 is 19.1 Å². The lowest BCUT2D eigenvalue weighted by Gasteiger charge is -2.34. The molecular weight excluding hydrogens is 440 g/mol. The molecule has 3 aromatic carbocycles. The number of rotatable bonds is 6. The Balaban J connectivity index is 1.15. The smallest absolute Gasteiger partial charge is 0.253 e. The van der Waals surface area contributed by atoms with Gasteiger partial charge in [-0.1, -0.05) is 41.9 Å². The van der Waals surface area contributed by atoms with Crippen molar-refractivity contribution in [3.8, 4) is 17.2 Å². The first-order chi connectivity index (χ1) is 16.2. The van der Waals surface area contributed by atoms with Crippen LogP contribution in [0.25, 0.3) is 0 Å². The van der Waals surface area contributed by atoms with Gasteiger partial charge in [0.1, 0.15) is 12.4 Å². The molecule has 0 aromatic heterocycles. The van der Waals surface area contributed by atoms with E-state index in [1.165, 1.54) is 5.56 Å². The summed E-state index contributed by atoms with van der Waals surface area (Å²) in [5.74, 6) is 2.29. The van der Waals surface area contributed by atoms with Crippen molar-refractivity contribution < 1.29 is 19.0 Å². The van der Waals surface area contributed by atoms with Gasteiger partial charge in [0.25, 0.3) is 5.91 Å². The predicted octanol–water partition coefficient (Wildman–Crippen LogP) is 4.61. The summed E-state index contributed by atoms with van der Waals surface area (Å²) >= 11 is 6.16. The Kier molecular flexibility index (Phi) is 6.37. The van der Waals surface area contributed by atoms with Gasteiger partial charge in [-0.2, -0.15) is 0 Å². The lowest BCUT2D eigenvalue weighted by Crippen LogP contribution is -2.48. The average Bonchev–Trinajstić information content (AvgIpc) is 3.32. The normalized spacial score (nSPS) is 15.5. The van der Waals surface area contributed by atoms with Gasteiger partial charge in [-0.15, -0.1) is 0 Å². The van der Waals surface area contributed by atoms with Gasteiger partial charge in [0.2, 0.25) is 6.79 Å². The Morgan fingerprint density at radius 3 is 2.55 bits per heavy atom. The second-order valence-electron chi connectivity index (χ2n) is 8.18. The van der Waals surface area contributed by atoms with Crippen molar-refractivity contribution in [2.24, 2.45) is 0 Å². The maximum absolute atomic E-state index is 13.1. The Morgan fingerprint density at radius 1 is 0.879 bits per heavy atom. The highest BCUT2D eigenvalue weighted by Gasteiger charge is 2.23. The lowest BCUT2D eigenvalue weighted by molar-refractivity contribution is 0.0628. The highest BCUT2D eigenvalue weighted by atomic mass is 35.5. The predicted molar refractivity (Wildman–Crippen MR) is 126 cm³/mol. The van der Waals surface area contributed by atoms with Crippen molar-refractivity contribution in [2.75, 3.05) is 33.0 Å². The molecule has 0 spiro atoms. The maximum Gasteiger partial charge on any atom is 0.253 e. The fourth-order valence-corrected chi connectivity index (χ4v) is 4.30. The topological polar surface area (TPSA) is 51.2 Å². The number of fused-ring (bicyclic) bond motifs is 1. The van der Waals surface area contributed by atoms with Crippen molar-refractivity contribution in [3.05, 3.63) is 88.4 Å². The van der Waals surface area contributed by atoms with Gasteiger partial charge in [0.15, 0.2) is 11.5 Å². The van der Waals surface area contributed by atoms with Crippen molar-refractivity contribution >= 4 is 17.5 Å². The summed E-state index contributed by atoms with van der Waals surface area (Å²) in [5, 5.41) is 0.573. The average molecular weight is 465 g/mol. The van der Waals surface area contributed by atoms with Crippen molar-refractivity contribution in [3.63, 3.8) is 0 Å². The Labute approximate surface area is 198 Å². The highest BCUT2D eigenvalue weighted by molar-refractivity contribution is 6.32. The van der Waals surface area contributed by atoms with E-state index in [-0.39, 0.29) is 12.7 Å². The minimum Gasteiger partial charge on any atom is -0.487 e. The molecule has 3 aromatic rings. The lowest BCUT2D eigenvalue weighted by atomic mass is 10.1. The molecule has 2 heterocycles. The maximum atomic E-state index is 13.1. The van der Waals surface area contributed by atoms with E-state index in [1.54, 1.807) is 6.07 Å². The third-order valence-corrected chi connectivity index (χ3v) is 6.22. The van der Waals surface area contributed by atoms with E-state index in [9.17, 15) is 4.79 Å². The fraction of sp³-hybridized carbons (Fsp3) is 0.269. The molecular formula is C26H25ClN2O4. The molecule has 0 N–H and O–H groups in total. The van der Waals surface area contributed by atoms with Crippen molar-refractivity contribution in [2.45, 2.75) is 13.2 Å². The van der Waals surface area contributed by atoms with Gasteiger partial charge in [0, 0.05) is 38.3 Å². The SMILES string of the molecule is O=C(c1cccc(COc2ccccc2Cl)c1)N1CCN(Cc2ccc3c(c2)OCO3)CC1. The first-order valence-electron chi connectivity index (χ1n) is 11.0. The largest absolute Gasteiger partial charge is 0.487 e. The molecule has 0 bridgehead atoms. The van der Waals surface area contributed by atoms with Crippen LogP contribution in [0.4, 0.5) is 0 Å². The van der Waals surface area contributed by atoms with Crippen LogP contribution in [0.1, 0.15) is 21.5 Å². The van der Waals surface area contributed by atoms with Crippen LogP contribution in [0.15, 0.2) is 66.7 Å². The number of piperazine rings is 1. The quantitative estimate of drug-likeness (QED) is 0.533. The molecule has 5 rings (SSSR count). The van der Waals surface area contributed by atoms with Crippen LogP contribution in [0.5, 0.6) is 17.2 Å². The van der Waals surface area contributed by atoms with Crippen LogP contribution >= 0.6 is 11.6 Å². The standard InChI is InChI=1S/C26H25ClN2O4/c27-22-6-1-2-7-23(22)31-17-20-4-3-5-21(14-20)26(30)29-12-10-28(11-13-29)16-19-8-9-24-25(15-19)33-18-32-24/h1-9,14-15H,10-13,16-18H2. The van der Waals surface area contributed by atoms with Gasteiger partial charge in [-0.25, -0.2) is 0 Å². The minimum atomic E-state index is 0.0531.